The summed E-state index contributed by atoms with van der Waals surface area (Å²) in [5.41, 5.74) is 3.78. The van der Waals surface area contributed by atoms with Gasteiger partial charge in [0, 0.05) is 17.3 Å². The van der Waals surface area contributed by atoms with E-state index >= 15 is 0 Å². The van der Waals surface area contributed by atoms with Crippen molar-refractivity contribution >= 4 is 11.0 Å². The lowest BCUT2D eigenvalue weighted by atomic mass is 10.1. The van der Waals surface area contributed by atoms with Gasteiger partial charge in [0.15, 0.2) is 0 Å². The lowest BCUT2D eigenvalue weighted by Gasteiger charge is -1.96. The number of aromatic nitrogens is 2. The van der Waals surface area contributed by atoms with E-state index in [1.807, 2.05) is 26.1 Å². The van der Waals surface area contributed by atoms with E-state index in [-0.39, 0.29) is 0 Å². The first kappa shape index (κ1) is 11.8. The summed E-state index contributed by atoms with van der Waals surface area (Å²) >= 11 is 0. The van der Waals surface area contributed by atoms with Crippen LogP contribution in [0.15, 0.2) is 18.3 Å². The molecule has 2 heterocycles. The number of pyridine rings is 1. The molecule has 82 valence electrons. The normalized spacial score (nSPS) is 9.87. The molecule has 0 fully saturated rings. The Morgan fingerprint density at radius 2 is 1.93 bits per heavy atom. The number of aromatic amines is 1. The summed E-state index contributed by atoms with van der Waals surface area (Å²) in [5.74, 6) is 0. The molecule has 0 aliphatic rings. The van der Waals surface area contributed by atoms with Crippen LogP contribution in [0.3, 0.4) is 0 Å². The van der Waals surface area contributed by atoms with Crippen LogP contribution in [0.5, 0.6) is 0 Å². The summed E-state index contributed by atoms with van der Waals surface area (Å²) in [5, 5.41) is 1.28. The Balaban J connectivity index is 0.000000531. The average Bonchev–Trinajstić information content (AvgIpc) is 2.69. The van der Waals surface area contributed by atoms with Gasteiger partial charge in [0.2, 0.25) is 0 Å². The van der Waals surface area contributed by atoms with E-state index in [0.29, 0.717) is 0 Å². The van der Waals surface area contributed by atoms with E-state index in [9.17, 15) is 0 Å². The summed E-state index contributed by atoms with van der Waals surface area (Å²) in [6.45, 7) is 8.36. The van der Waals surface area contributed by atoms with Crippen LogP contribution in [0.4, 0.5) is 0 Å². The number of hydrogen-bond acceptors (Lipinski definition) is 1. The lowest BCUT2D eigenvalue weighted by molar-refractivity contribution is 1.01. The molecule has 0 saturated heterocycles. The number of nitrogens with one attached hydrogen (secondary N) is 1. The molecule has 0 unspecified atom stereocenters. The molecule has 0 amide bonds. The molecule has 2 rings (SSSR count). The molecule has 0 bridgehead atoms. The molecule has 0 radical (unpaired) electrons. The standard InChI is InChI=1S/C11H14N2.C2H6/c1-3-8-9-6-5-7-12-11(9)13-10(8)4-2;1-2/h5-7H,3-4H2,1-2H3,(H,12,13);1-2H3. The van der Waals surface area contributed by atoms with Crippen LogP contribution in [-0.2, 0) is 12.8 Å². The summed E-state index contributed by atoms with van der Waals surface area (Å²) < 4.78 is 0. The van der Waals surface area contributed by atoms with Crippen molar-refractivity contribution in [3.63, 3.8) is 0 Å². The Hall–Kier alpha value is -1.31. The summed E-state index contributed by atoms with van der Waals surface area (Å²) in [7, 11) is 0. The van der Waals surface area contributed by atoms with Crippen molar-refractivity contribution in [3.05, 3.63) is 29.6 Å². The first-order valence-corrected chi connectivity index (χ1v) is 5.81. The van der Waals surface area contributed by atoms with Gasteiger partial charge in [-0.1, -0.05) is 27.7 Å². The largest absolute Gasteiger partial charge is 0.343 e. The van der Waals surface area contributed by atoms with E-state index in [2.05, 4.69) is 29.9 Å². The van der Waals surface area contributed by atoms with Crippen molar-refractivity contribution in [2.45, 2.75) is 40.5 Å². The Morgan fingerprint density at radius 3 is 2.53 bits per heavy atom. The molecular weight excluding hydrogens is 184 g/mol. The monoisotopic (exact) mass is 204 g/mol. The highest BCUT2D eigenvalue weighted by Crippen LogP contribution is 2.21. The highest BCUT2D eigenvalue weighted by Gasteiger charge is 2.07. The van der Waals surface area contributed by atoms with E-state index in [1.165, 1.54) is 16.6 Å². The molecule has 2 heteroatoms. The summed E-state index contributed by atoms with van der Waals surface area (Å²) in [6, 6.07) is 4.13. The van der Waals surface area contributed by atoms with Crippen LogP contribution >= 0.6 is 0 Å². The highest BCUT2D eigenvalue weighted by molar-refractivity contribution is 5.81. The Labute approximate surface area is 91.7 Å². The Kier molecular flexibility index (Phi) is 4.35. The first-order chi connectivity index (χ1) is 7.36. The van der Waals surface area contributed by atoms with Gasteiger partial charge in [0.25, 0.3) is 0 Å². The van der Waals surface area contributed by atoms with Crippen molar-refractivity contribution in [2.24, 2.45) is 0 Å². The molecule has 0 aliphatic carbocycles. The van der Waals surface area contributed by atoms with Gasteiger partial charge in [-0.25, -0.2) is 4.98 Å². The van der Waals surface area contributed by atoms with Crippen molar-refractivity contribution < 1.29 is 0 Å². The number of hydrogen-bond donors (Lipinski definition) is 1. The fourth-order valence-electron chi connectivity index (χ4n) is 1.83. The third kappa shape index (κ3) is 2.20. The van der Waals surface area contributed by atoms with Gasteiger partial charge in [-0.3, -0.25) is 0 Å². The second-order valence-corrected chi connectivity index (χ2v) is 3.19. The zero-order chi connectivity index (χ0) is 11.3. The van der Waals surface area contributed by atoms with E-state index in [0.717, 1.165) is 18.5 Å². The molecule has 2 aromatic rings. The van der Waals surface area contributed by atoms with E-state index in [1.54, 1.807) is 0 Å². The van der Waals surface area contributed by atoms with Crippen molar-refractivity contribution in [1.82, 2.24) is 9.97 Å². The van der Waals surface area contributed by atoms with Gasteiger partial charge in [-0.05, 0) is 30.5 Å². The second-order valence-electron chi connectivity index (χ2n) is 3.19. The molecular formula is C13H20N2. The van der Waals surface area contributed by atoms with Gasteiger partial charge in [0.1, 0.15) is 5.65 Å². The van der Waals surface area contributed by atoms with Crippen molar-refractivity contribution in [2.75, 3.05) is 0 Å². The highest BCUT2D eigenvalue weighted by atomic mass is 14.9. The predicted molar refractivity (Wildman–Crippen MR) is 66.2 cm³/mol. The third-order valence-electron chi connectivity index (χ3n) is 2.47. The number of fused-ring (bicyclic) bond motifs is 1. The number of H-pyrrole nitrogens is 1. The number of nitrogens with zero attached hydrogens (tertiary/aromatic N) is 1. The van der Waals surface area contributed by atoms with Crippen LogP contribution < -0.4 is 0 Å². The predicted octanol–water partition coefficient (Wildman–Crippen LogP) is 3.71. The van der Waals surface area contributed by atoms with Gasteiger partial charge >= 0.3 is 0 Å². The second kappa shape index (κ2) is 5.54. The quantitative estimate of drug-likeness (QED) is 0.793. The lowest BCUT2D eigenvalue weighted by Crippen LogP contribution is -1.86. The van der Waals surface area contributed by atoms with Gasteiger partial charge in [-0.15, -0.1) is 0 Å². The molecule has 0 saturated carbocycles. The summed E-state index contributed by atoms with van der Waals surface area (Å²) in [6.07, 6.45) is 3.96. The van der Waals surface area contributed by atoms with Crippen molar-refractivity contribution in [1.29, 1.82) is 0 Å². The van der Waals surface area contributed by atoms with Crippen LogP contribution in [0, 0.1) is 0 Å². The fourth-order valence-corrected chi connectivity index (χ4v) is 1.83. The zero-order valence-electron chi connectivity index (χ0n) is 10.1. The Bertz CT molecular complexity index is 415. The van der Waals surface area contributed by atoms with Crippen LogP contribution in [0.1, 0.15) is 39.0 Å². The first-order valence-electron chi connectivity index (χ1n) is 5.81. The molecule has 0 spiro atoms. The smallest absolute Gasteiger partial charge is 0.137 e. The van der Waals surface area contributed by atoms with Crippen LogP contribution in [0.25, 0.3) is 11.0 Å². The van der Waals surface area contributed by atoms with Gasteiger partial charge < -0.3 is 4.98 Å². The summed E-state index contributed by atoms with van der Waals surface area (Å²) in [4.78, 5) is 7.66. The van der Waals surface area contributed by atoms with E-state index < -0.39 is 0 Å². The molecule has 0 atom stereocenters. The van der Waals surface area contributed by atoms with Gasteiger partial charge in [-0.2, -0.15) is 0 Å². The maximum absolute atomic E-state index is 4.30. The number of aryl methyl sites for hydroxylation is 2. The third-order valence-corrected chi connectivity index (χ3v) is 2.47. The molecule has 0 aromatic carbocycles. The molecule has 1 N–H and O–H groups in total. The molecule has 15 heavy (non-hydrogen) atoms. The van der Waals surface area contributed by atoms with Gasteiger partial charge in [0.05, 0.1) is 0 Å². The molecule has 2 aromatic heterocycles. The van der Waals surface area contributed by atoms with Crippen molar-refractivity contribution in [3.8, 4) is 0 Å². The zero-order valence-corrected chi connectivity index (χ0v) is 10.1. The topological polar surface area (TPSA) is 28.7 Å². The number of rotatable bonds is 2. The SMILES string of the molecule is CC.CCc1[nH]c2ncccc2c1CC. The van der Waals surface area contributed by atoms with E-state index in [4.69, 9.17) is 0 Å². The fraction of sp³-hybridized carbons (Fsp3) is 0.462. The maximum Gasteiger partial charge on any atom is 0.137 e. The minimum Gasteiger partial charge on any atom is -0.343 e. The van der Waals surface area contributed by atoms with Crippen LogP contribution in [-0.4, -0.2) is 9.97 Å². The average molecular weight is 204 g/mol. The van der Waals surface area contributed by atoms with Crippen LogP contribution in [0.2, 0.25) is 0 Å². The minimum atomic E-state index is 1.02. The minimum absolute atomic E-state index is 1.02. The Morgan fingerprint density at radius 1 is 1.20 bits per heavy atom. The molecule has 0 aliphatic heterocycles. The maximum atomic E-state index is 4.30. The molecule has 2 nitrogen and oxygen atoms in total.